The van der Waals surface area contributed by atoms with Gasteiger partial charge in [-0.15, -0.1) is 0 Å². The molecule has 0 saturated heterocycles. The van der Waals surface area contributed by atoms with E-state index in [1.54, 1.807) is 0 Å². The molecule has 0 aromatic carbocycles. The second-order valence-corrected chi connectivity index (χ2v) is 5.07. The Morgan fingerprint density at radius 3 is 2.89 bits per heavy atom. The van der Waals surface area contributed by atoms with Crippen LogP contribution >= 0.6 is 11.5 Å². The first-order valence-corrected chi connectivity index (χ1v) is 7.28. The van der Waals surface area contributed by atoms with Gasteiger partial charge in [0.25, 0.3) is 0 Å². The van der Waals surface area contributed by atoms with E-state index in [9.17, 15) is 4.79 Å². The van der Waals surface area contributed by atoms with Crippen molar-refractivity contribution in [1.82, 2.24) is 14.7 Å². The van der Waals surface area contributed by atoms with Gasteiger partial charge in [-0.05, 0) is 19.8 Å². The molecule has 1 unspecified atom stereocenters. The van der Waals surface area contributed by atoms with Crippen LogP contribution in [0.3, 0.4) is 0 Å². The van der Waals surface area contributed by atoms with Crippen LogP contribution in [0.15, 0.2) is 0 Å². The second kappa shape index (κ2) is 8.02. The number of hydrogen-bond acceptors (Lipinski definition) is 5. The van der Waals surface area contributed by atoms with E-state index >= 15 is 0 Å². The zero-order valence-electron chi connectivity index (χ0n) is 11.3. The van der Waals surface area contributed by atoms with Crippen LogP contribution in [0, 0.1) is 0 Å². The summed E-state index contributed by atoms with van der Waals surface area (Å²) in [6.07, 6.45) is 3.38. The lowest BCUT2D eigenvalue weighted by atomic mass is 10.2. The van der Waals surface area contributed by atoms with Crippen molar-refractivity contribution in [2.45, 2.75) is 52.5 Å². The Hall–Kier alpha value is -1.17. The molecule has 18 heavy (non-hydrogen) atoms. The van der Waals surface area contributed by atoms with Crippen LogP contribution < -0.4 is 10.6 Å². The fourth-order valence-corrected chi connectivity index (χ4v) is 2.02. The van der Waals surface area contributed by atoms with Crippen molar-refractivity contribution in [2.24, 2.45) is 0 Å². The van der Waals surface area contributed by atoms with Crippen LogP contribution in [0.1, 0.15) is 45.9 Å². The van der Waals surface area contributed by atoms with Crippen molar-refractivity contribution in [3.05, 3.63) is 5.82 Å². The third-order valence-electron chi connectivity index (χ3n) is 2.59. The maximum absolute atomic E-state index is 11.5. The number of rotatable bonds is 8. The number of aryl methyl sites for hydroxylation is 1. The molecule has 0 bridgehead atoms. The van der Waals surface area contributed by atoms with Gasteiger partial charge in [0.2, 0.25) is 11.0 Å². The van der Waals surface area contributed by atoms with Gasteiger partial charge in [-0.3, -0.25) is 4.79 Å². The maximum atomic E-state index is 11.5. The number of hydrogen-bond donors (Lipinski definition) is 2. The number of nitrogens with zero attached hydrogens (tertiary/aromatic N) is 2. The Bertz CT molecular complexity index is 367. The van der Waals surface area contributed by atoms with Crippen molar-refractivity contribution in [1.29, 1.82) is 0 Å². The molecule has 0 aliphatic carbocycles. The van der Waals surface area contributed by atoms with E-state index in [-0.39, 0.29) is 11.9 Å². The molecule has 0 radical (unpaired) electrons. The minimum absolute atomic E-state index is 0.0788. The first-order valence-electron chi connectivity index (χ1n) is 6.51. The van der Waals surface area contributed by atoms with Crippen LogP contribution in [-0.2, 0) is 11.2 Å². The highest BCUT2D eigenvalue weighted by Crippen LogP contribution is 2.11. The molecule has 6 heteroatoms. The predicted octanol–water partition coefficient (Wildman–Crippen LogP) is 2.21. The van der Waals surface area contributed by atoms with Gasteiger partial charge in [0.1, 0.15) is 5.82 Å². The summed E-state index contributed by atoms with van der Waals surface area (Å²) in [5, 5.41) is 6.86. The Balaban J connectivity index is 2.22. The molecule has 102 valence electrons. The summed E-state index contributed by atoms with van der Waals surface area (Å²) in [5.74, 6) is 0.962. The van der Waals surface area contributed by atoms with Crippen molar-refractivity contribution in [3.8, 4) is 0 Å². The number of carbonyl (C=O) groups is 1. The number of carbonyl (C=O) groups excluding carboxylic acids is 1. The van der Waals surface area contributed by atoms with Gasteiger partial charge in [-0.25, -0.2) is 4.98 Å². The molecule has 0 spiro atoms. The highest BCUT2D eigenvalue weighted by atomic mass is 32.1. The standard InChI is InChI=1S/C12H22N4OS/c1-4-6-10-15-12(18-16-10)13-8-7-11(17)14-9(3)5-2/h9H,4-8H2,1-3H3,(H,14,17)(H,13,15,16). The lowest BCUT2D eigenvalue weighted by Crippen LogP contribution is -2.32. The van der Waals surface area contributed by atoms with Gasteiger partial charge >= 0.3 is 0 Å². The van der Waals surface area contributed by atoms with Crippen molar-refractivity contribution >= 4 is 22.6 Å². The van der Waals surface area contributed by atoms with Crippen LogP contribution in [0.25, 0.3) is 0 Å². The Morgan fingerprint density at radius 1 is 1.44 bits per heavy atom. The summed E-state index contributed by atoms with van der Waals surface area (Å²) in [6, 6.07) is 0.246. The van der Waals surface area contributed by atoms with Crippen LogP contribution in [0.5, 0.6) is 0 Å². The van der Waals surface area contributed by atoms with E-state index < -0.39 is 0 Å². The average Bonchev–Trinajstić information content (AvgIpc) is 2.77. The summed E-state index contributed by atoms with van der Waals surface area (Å²) in [4.78, 5) is 15.9. The van der Waals surface area contributed by atoms with Crippen LogP contribution in [0.4, 0.5) is 5.13 Å². The third kappa shape index (κ3) is 5.44. The smallest absolute Gasteiger partial charge is 0.221 e. The van der Waals surface area contributed by atoms with Gasteiger partial charge in [-0.1, -0.05) is 13.8 Å². The first-order chi connectivity index (χ1) is 8.65. The fourth-order valence-electron chi connectivity index (χ4n) is 1.38. The SMILES string of the molecule is CCCc1nsc(NCCC(=O)NC(C)CC)n1. The zero-order valence-corrected chi connectivity index (χ0v) is 12.1. The summed E-state index contributed by atoms with van der Waals surface area (Å²) >= 11 is 1.36. The van der Waals surface area contributed by atoms with E-state index in [1.165, 1.54) is 11.5 Å². The second-order valence-electron chi connectivity index (χ2n) is 4.32. The average molecular weight is 270 g/mol. The van der Waals surface area contributed by atoms with E-state index in [2.05, 4.69) is 33.8 Å². The molecule has 0 aliphatic rings. The lowest BCUT2D eigenvalue weighted by Gasteiger charge is -2.11. The molecule has 1 aromatic heterocycles. The Morgan fingerprint density at radius 2 is 2.22 bits per heavy atom. The quantitative estimate of drug-likeness (QED) is 0.760. The van der Waals surface area contributed by atoms with Gasteiger partial charge < -0.3 is 10.6 Å². The number of nitrogens with one attached hydrogen (secondary N) is 2. The van der Waals surface area contributed by atoms with E-state index in [0.29, 0.717) is 13.0 Å². The highest BCUT2D eigenvalue weighted by Gasteiger charge is 2.06. The number of amides is 1. The number of aromatic nitrogens is 2. The molecule has 1 aromatic rings. The number of anilines is 1. The van der Waals surface area contributed by atoms with Crippen LogP contribution in [0.2, 0.25) is 0 Å². The van der Waals surface area contributed by atoms with E-state index in [1.807, 2.05) is 6.92 Å². The molecule has 0 saturated carbocycles. The molecule has 1 atom stereocenters. The van der Waals surface area contributed by atoms with Gasteiger partial charge in [0, 0.05) is 37.0 Å². The molecular weight excluding hydrogens is 248 g/mol. The molecule has 1 heterocycles. The summed E-state index contributed by atoms with van der Waals surface area (Å²) in [5.41, 5.74) is 0. The molecule has 2 N–H and O–H groups in total. The van der Waals surface area contributed by atoms with E-state index in [4.69, 9.17) is 0 Å². The molecule has 1 amide bonds. The highest BCUT2D eigenvalue weighted by molar-refractivity contribution is 7.09. The fraction of sp³-hybridized carbons (Fsp3) is 0.750. The van der Waals surface area contributed by atoms with E-state index in [0.717, 1.165) is 30.2 Å². The lowest BCUT2D eigenvalue weighted by molar-refractivity contribution is -0.121. The first kappa shape index (κ1) is 14.9. The molecule has 0 aliphatic heterocycles. The summed E-state index contributed by atoms with van der Waals surface area (Å²) < 4.78 is 4.23. The Labute approximate surface area is 113 Å². The molecule has 1 rings (SSSR count). The largest absolute Gasteiger partial charge is 0.360 e. The molecule has 0 fully saturated rings. The zero-order chi connectivity index (χ0) is 13.4. The maximum Gasteiger partial charge on any atom is 0.221 e. The van der Waals surface area contributed by atoms with Crippen molar-refractivity contribution in [2.75, 3.05) is 11.9 Å². The van der Waals surface area contributed by atoms with Gasteiger partial charge in [0.15, 0.2) is 0 Å². The topological polar surface area (TPSA) is 66.9 Å². The van der Waals surface area contributed by atoms with Gasteiger partial charge in [-0.2, -0.15) is 4.37 Å². The third-order valence-corrected chi connectivity index (χ3v) is 3.30. The minimum atomic E-state index is 0.0788. The Kier molecular flexibility index (Phi) is 6.64. The normalized spacial score (nSPS) is 12.2. The van der Waals surface area contributed by atoms with Gasteiger partial charge in [0.05, 0.1) is 0 Å². The molecular formula is C12H22N4OS. The summed E-state index contributed by atoms with van der Waals surface area (Å²) in [6.45, 7) is 6.77. The predicted molar refractivity (Wildman–Crippen MR) is 74.9 cm³/mol. The van der Waals surface area contributed by atoms with Crippen LogP contribution in [-0.4, -0.2) is 27.9 Å². The minimum Gasteiger partial charge on any atom is -0.360 e. The summed E-state index contributed by atoms with van der Waals surface area (Å²) in [7, 11) is 0. The molecule has 5 nitrogen and oxygen atoms in total. The van der Waals surface area contributed by atoms with Crippen molar-refractivity contribution in [3.63, 3.8) is 0 Å². The van der Waals surface area contributed by atoms with Crippen molar-refractivity contribution < 1.29 is 4.79 Å². The monoisotopic (exact) mass is 270 g/mol.